The molecule has 0 unspecified atom stereocenters. The molecule has 0 spiro atoms. The Bertz CT molecular complexity index is 1440. The highest BCUT2D eigenvalue weighted by molar-refractivity contribution is 7.27. The van der Waals surface area contributed by atoms with Crippen LogP contribution in [0.3, 0.4) is 0 Å². The standard InChI is InChI=1S/C25H22BNO2S2/c1-24(2)25(3,4)29-26(28-24)21-20-16-12-8-9-13-17(16)30-18(20)14-19-22(21)27-23(31-19)15-10-6-5-7-11-15/h5-14H,1-4H3. The summed E-state index contributed by atoms with van der Waals surface area (Å²) < 4.78 is 16.8. The van der Waals surface area contributed by atoms with Crippen molar-refractivity contribution in [2.75, 3.05) is 0 Å². The molecule has 31 heavy (non-hydrogen) atoms. The minimum absolute atomic E-state index is 0.406. The summed E-state index contributed by atoms with van der Waals surface area (Å²) in [5.41, 5.74) is 2.37. The van der Waals surface area contributed by atoms with E-state index in [9.17, 15) is 0 Å². The average Bonchev–Trinajstić information content (AvgIpc) is 3.38. The highest BCUT2D eigenvalue weighted by Gasteiger charge is 2.53. The van der Waals surface area contributed by atoms with Crippen molar-refractivity contribution >= 4 is 65.6 Å². The van der Waals surface area contributed by atoms with Gasteiger partial charge in [-0.05, 0) is 39.8 Å². The molecule has 3 nitrogen and oxygen atoms in total. The lowest BCUT2D eigenvalue weighted by atomic mass is 9.75. The molecule has 0 saturated carbocycles. The predicted octanol–water partition coefficient (Wildman–Crippen LogP) is 6.63. The van der Waals surface area contributed by atoms with Gasteiger partial charge in [-0.1, -0.05) is 48.5 Å². The Labute approximate surface area is 189 Å². The molecule has 5 aromatic rings. The predicted molar refractivity (Wildman–Crippen MR) is 134 cm³/mol. The van der Waals surface area contributed by atoms with Crippen LogP contribution >= 0.6 is 22.7 Å². The topological polar surface area (TPSA) is 31.4 Å². The van der Waals surface area contributed by atoms with Gasteiger partial charge in [0.1, 0.15) is 5.01 Å². The average molecular weight is 443 g/mol. The van der Waals surface area contributed by atoms with Crippen molar-refractivity contribution < 1.29 is 9.31 Å². The van der Waals surface area contributed by atoms with Gasteiger partial charge in [-0.25, -0.2) is 4.98 Å². The monoisotopic (exact) mass is 443 g/mol. The van der Waals surface area contributed by atoms with E-state index in [-0.39, 0.29) is 0 Å². The zero-order valence-electron chi connectivity index (χ0n) is 17.9. The Morgan fingerprint density at radius 2 is 1.45 bits per heavy atom. The van der Waals surface area contributed by atoms with E-state index in [1.54, 1.807) is 11.3 Å². The first-order valence-corrected chi connectivity index (χ1v) is 12.1. The number of hydrogen-bond donors (Lipinski definition) is 0. The molecule has 0 bridgehead atoms. The quantitative estimate of drug-likeness (QED) is 0.287. The lowest BCUT2D eigenvalue weighted by Crippen LogP contribution is -2.41. The minimum Gasteiger partial charge on any atom is -0.399 e. The Kier molecular flexibility index (Phi) is 4.16. The van der Waals surface area contributed by atoms with Gasteiger partial charge >= 0.3 is 7.12 Å². The summed E-state index contributed by atoms with van der Waals surface area (Å²) in [5.74, 6) is 0. The third kappa shape index (κ3) is 2.89. The summed E-state index contributed by atoms with van der Waals surface area (Å²) in [7, 11) is -0.458. The van der Waals surface area contributed by atoms with E-state index < -0.39 is 18.3 Å². The van der Waals surface area contributed by atoms with Crippen LogP contribution in [0.25, 0.3) is 41.0 Å². The van der Waals surface area contributed by atoms with Crippen LogP contribution < -0.4 is 5.46 Å². The summed E-state index contributed by atoms with van der Waals surface area (Å²) in [4.78, 5) is 5.12. The maximum absolute atomic E-state index is 6.55. The van der Waals surface area contributed by atoms with Gasteiger partial charge < -0.3 is 9.31 Å². The molecule has 154 valence electrons. The molecule has 0 N–H and O–H groups in total. The van der Waals surface area contributed by atoms with Gasteiger partial charge in [0.05, 0.1) is 21.4 Å². The van der Waals surface area contributed by atoms with Crippen LogP contribution in [0, 0.1) is 0 Å². The Hall–Kier alpha value is -2.25. The molecule has 6 rings (SSSR count). The number of aromatic nitrogens is 1. The van der Waals surface area contributed by atoms with Crippen molar-refractivity contribution in [2.45, 2.75) is 38.9 Å². The molecule has 1 fully saturated rings. The molecule has 0 atom stereocenters. The number of thiazole rings is 1. The summed E-state index contributed by atoms with van der Waals surface area (Å²) in [5, 5.41) is 3.47. The molecule has 3 aromatic carbocycles. The van der Waals surface area contributed by atoms with Gasteiger partial charge in [-0.15, -0.1) is 22.7 Å². The third-order valence-corrected chi connectivity index (χ3v) is 8.74. The Morgan fingerprint density at radius 3 is 2.19 bits per heavy atom. The summed E-state index contributed by atoms with van der Waals surface area (Å²) in [6.45, 7) is 8.41. The van der Waals surface area contributed by atoms with Gasteiger partial charge in [0, 0.05) is 31.2 Å². The zero-order chi connectivity index (χ0) is 21.4. The molecule has 1 saturated heterocycles. The van der Waals surface area contributed by atoms with Crippen LogP contribution in [-0.4, -0.2) is 23.3 Å². The fourth-order valence-corrected chi connectivity index (χ4v) is 6.46. The highest BCUT2D eigenvalue weighted by atomic mass is 32.1. The van der Waals surface area contributed by atoms with E-state index >= 15 is 0 Å². The minimum atomic E-state index is -0.458. The van der Waals surface area contributed by atoms with E-state index in [1.807, 2.05) is 17.4 Å². The summed E-state index contributed by atoms with van der Waals surface area (Å²) in [6.07, 6.45) is 0. The first kappa shape index (κ1) is 19.4. The second-order valence-electron chi connectivity index (χ2n) is 9.08. The van der Waals surface area contributed by atoms with E-state index in [0.717, 1.165) is 21.6 Å². The van der Waals surface area contributed by atoms with E-state index in [1.165, 1.54) is 24.9 Å². The first-order chi connectivity index (χ1) is 14.8. The molecule has 1 aliphatic heterocycles. The largest absolute Gasteiger partial charge is 0.497 e. The molecule has 1 aliphatic rings. The molecule has 6 heteroatoms. The second kappa shape index (κ2) is 6.63. The van der Waals surface area contributed by atoms with Gasteiger partial charge in [-0.3, -0.25) is 0 Å². The molecule has 3 heterocycles. The van der Waals surface area contributed by atoms with Crippen LogP contribution in [0.4, 0.5) is 0 Å². The zero-order valence-corrected chi connectivity index (χ0v) is 19.6. The van der Waals surface area contributed by atoms with Gasteiger partial charge in [-0.2, -0.15) is 0 Å². The number of rotatable bonds is 2. The first-order valence-electron chi connectivity index (χ1n) is 10.5. The normalized spacial score (nSPS) is 17.9. The Balaban J connectivity index is 1.68. The van der Waals surface area contributed by atoms with Crippen molar-refractivity contribution in [1.29, 1.82) is 0 Å². The molecule has 0 amide bonds. The van der Waals surface area contributed by atoms with Gasteiger partial charge in [0.25, 0.3) is 0 Å². The van der Waals surface area contributed by atoms with Crippen LogP contribution in [-0.2, 0) is 9.31 Å². The van der Waals surface area contributed by atoms with Gasteiger partial charge in [0.15, 0.2) is 0 Å². The number of thiophene rings is 1. The smallest absolute Gasteiger partial charge is 0.399 e. The SMILES string of the molecule is CC1(C)OB(c2c3nc(-c4ccccc4)sc3cc3sc4ccccc4c23)OC1(C)C. The van der Waals surface area contributed by atoms with Crippen molar-refractivity contribution in [3.05, 3.63) is 60.7 Å². The summed E-state index contributed by atoms with van der Waals surface area (Å²) in [6, 6.07) is 21.2. The number of benzene rings is 3. The molecular weight excluding hydrogens is 421 g/mol. The van der Waals surface area contributed by atoms with Crippen LogP contribution in [0.1, 0.15) is 27.7 Å². The van der Waals surface area contributed by atoms with E-state index in [4.69, 9.17) is 14.3 Å². The number of nitrogens with zero attached hydrogens (tertiary/aromatic N) is 1. The third-order valence-electron chi connectivity index (χ3n) is 6.57. The molecule has 0 radical (unpaired) electrons. The maximum Gasteiger partial charge on any atom is 0.497 e. The lowest BCUT2D eigenvalue weighted by molar-refractivity contribution is 0.00578. The van der Waals surface area contributed by atoms with Crippen molar-refractivity contribution in [1.82, 2.24) is 4.98 Å². The van der Waals surface area contributed by atoms with Crippen molar-refractivity contribution in [2.24, 2.45) is 0 Å². The fourth-order valence-electron chi connectivity index (χ4n) is 4.20. The van der Waals surface area contributed by atoms with Crippen LogP contribution in [0.2, 0.25) is 0 Å². The summed E-state index contributed by atoms with van der Waals surface area (Å²) >= 11 is 3.55. The van der Waals surface area contributed by atoms with E-state index in [0.29, 0.717) is 0 Å². The Morgan fingerprint density at radius 1 is 0.774 bits per heavy atom. The second-order valence-corrected chi connectivity index (χ2v) is 11.2. The maximum atomic E-state index is 6.55. The van der Waals surface area contributed by atoms with Crippen LogP contribution in [0.15, 0.2) is 60.7 Å². The van der Waals surface area contributed by atoms with Crippen molar-refractivity contribution in [3.63, 3.8) is 0 Å². The fraction of sp³-hybridized carbons (Fsp3) is 0.240. The van der Waals surface area contributed by atoms with Gasteiger partial charge in [0.2, 0.25) is 0 Å². The number of hydrogen-bond acceptors (Lipinski definition) is 5. The lowest BCUT2D eigenvalue weighted by Gasteiger charge is -2.32. The highest BCUT2D eigenvalue weighted by Crippen LogP contribution is 2.42. The van der Waals surface area contributed by atoms with Crippen LogP contribution in [0.5, 0.6) is 0 Å². The molecule has 0 aliphatic carbocycles. The molecule has 2 aromatic heterocycles. The molecular formula is C25H22BNO2S2. The van der Waals surface area contributed by atoms with E-state index in [2.05, 4.69) is 82.3 Å². The van der Waals surface area contributed by atoms with Crippen molar-refractivity contribution in [3.8, 4) is 10.6 Å². The number of fused-ring (bicyclic) bond motifs is 4.